The fourth-order valence-electron chi connectivity index (χ4n) is 1.96. The van der Waals surface area contributed by atoms with Crippen LogP contribution in [-0.2, 0) is 0 Å². The van der Waals surface area contributed by atoms with Gasteiger partial charge >= 0.3 is 0 Å². The van der Waals surface area contributed by atoms with Gasteiger partial charge < -0.3 is 10.2 Å². The average Bonchev–Trinajstić information content (AvgIpc) is 2.86. The number of nitrogens with zero attached hydrogens (tertiary/aromatic N) is 2. The van der Waals surface area contributed by atoms with E-state index < -0.39 is 17.6 Å². The number of benzene rings is 1. The van der Waals surface area contributed by atoms with Crippen LogP contribution in [-0.4, -0.2) is 26.1 Å². The van der Waals surface area contributed by atoms with E-state index in [1.54, 1.807) is 16.9 Å². The number of aromatic nitrogens is 2. The molecule has 1 aromatic heterocycles. The molecule has 0 amide bonds. The molecule has 1 heterocycles. The molecule has 0 spiro atoms. The van der Waals surface area contributed by atoms with Crippen LogP contribution in [0.4, 0.5) is 0 Å². The highest BCUT2D eigenvalue weighted by Gasteiger charge is 2.32. The highest BCUT2D eigenvalue weighted by Crippen LogP contribution is 2.30. The minimum absolute atomic E-state index is 0.398. The molecule has 2 rings (SSSR count). The molecule has 0 bridgehead atoms. The molecule has 1 aromatic carbocycles. The predicted molar refractivity (Wildman–Crippen MR) is 74.0 cm³/mol. The normalized spacial score (nSPS) is 15.2. The molecule has 19 heavy (non-hydrogen) atoms. The van der Waals surface area contributed by atoms with Crippen LogP contribution in [0.15, 0.2) is 42.6 Å². The molecule has 0 aliphatic carbocycles. The van der Waals surface area contributed by atoms with Crippen molar-refractivity contribution >= 4 is 0 Å². The first-order valence-electron chi connectivity index (χ1n) is 6.37. The Hall–Kier alpha value is -1.65. The molecule has 2 aromatic rings. The summed E-state index contributed by atoms with van der Waals surface area (Å²) in [4.78, 5) is 0. The Kier molecular flexibility index (Phi) is 3.73. The molecule has 4 heteroatoms. The van der Waals surface area contributed by atoms with Crippen LogP contribution in [0.1, 0.15) is 32.6 Å². The summed E-state index contributed by atoms with van der Waals surface area (Å²) in [5.41, 5.74) is 1.06. The monoisotopic (exact) mass is 260 g/mol. The van der Waals surface area contributed by atoms with Gasteiger partial charge in [0.25, 0.3) is 0 Å². The molecule has 0 saturated heterocycles. The summed E-state index contributed by atoms with van der Waals surface area (Å²) in [6.07, 6.45) is -0.199. The first-order valence-corrected chi connectivity index (χ1v) is 6.37. The van der Waals surface area contributed by atoms with Crippen LogP contribution < -0.4 is 0 Å². The van der Waals surface area contributed by atoms with Crippen molar-refractivity contribution in [3.05, 3.63) is 48.3 Å². The molecule has 2 N–H and O–H groups in total. The molecule has 0 radical (unpaired) electrons. The molecule has 0 fully saturated rings. The summed E-state index contributed by atoms with van der Waals surface area (Å²) in [5, 5.41) is 24.8. The van der Waals surface area contributed by atoms with Crippen molar-refractivity contribution in [2.75, 3.05) is 0 Å². The van der Waals surface area contributed by atoms with E-state index in [1.165, 1.54) is 0 Å². The van der Waals surface area contributed by atoms with Gasteiger partial charge in [0.05, 0.1) is 17.5 Å². The van der Waals surface area contributed by atoms with Crippen LogP contribution in [0.3, 0.4) is 0 Å². The third kappa shape index (κ3) is 2.85. The second-order valence-electron chi connectivity index (χ2n) is 5.76. The van der Waals surface area contributed by atoms with Gasteiger partial charge in [0.15, 0.2) is 0 Å². The molecule has 4 nitrogen and oxygen atoms in total. The first-order chi connectivity index (χ1) is 8.91. The molecule has 0 aliphatic rings. The topological polar surface area (TPSA) is 58.3 Å². The summed E-state index contributed by atoms with van der Waals surface area (Å²) in [5.74, 6) is 0. The van der Waals surface area contributed by atoms with E-state index in [0.717, 1.165) is 5.69 Å². The van der Waals surface area contributed by atoms with Crippen LogP contribution in [0.5, 0.6) is 0 Å². The quantitative estimate of drug-likeness (QED) is 0.890. The van der Waals surface area contributed by atoms with Gasteiger partial charge in [-0.2, -0.15) is 5.10 Å². The van der Waals surface area contributed by atoms with E-state index in [0.29, 0.717) is 5.69 Å². The average molecular weight is 260 g/mol. The van der Waals surface area contributed by atoms with Gasteiger partial charge in [-0.1, -0.05) is 39.0 Å². The maximum atomic E-state index is 10.3. The Morgan fingerprint density at radius 1 is 1.05 bits per heavy atom. The number of rotatable bonds is 3. The third-order valence-electron chi connectivity index (χ3n) is 3.16. The van der Waals surface area contributed by atoms with Gasteiger partial charge in [-0.05, 0) is 23.6 Å². The highest BCUT2D eigenvalue weighted by atomic mass is 16.3. The summed E-state index contributed by atoms with van der Waals surface area (Å²) in [6.45, 7) is 5.68. The zero-order valence-electron chi connectivity index (χ0n) is 11.5. The molecule has 0 aliphatic heterocycles. The van der Waals surface area contributed by atoms with Gasteiger partial charge in [-0.3, -0.25) is 0 Å². The first kappa shape index (κ1) is 13.8. The Morgan fingerprint density at radius 2 is 1.68 bits per heavy atom. The van der Waals surface area contributed by atoms with Gasteiger partial charge in [0.2, 0.25) is 0 Å². The van der Waals surface area contributed by atoms with Crippen molar-refractivity contribution in [3.8, 4) is 5.69 Å². The van der Waals surface area contributed by atoms with Crippen molar-refractivity contribution in [2.24, 2.45) is 5.41 Å². The van der Waals surface area contributed by atoms with E-state index in [1.807, 2.05) is 51.1 Å². The van der Waals surface area contributed by atoms with Gasteiger partial charge in [-0.25, -0.2) is 4.68 Å². The number of hydrogen-bond donors (Lipinski definition) is 2. The number of hydrogen-bond acceptors (Lipinski definition) is 3. The lowest BCUT2D eigenvalue weighted by Gasteiger charge is -2.30. The van der Waals surface area contributed by atoms with Crippen molar-refractivity contribution in [3.63, 3.8) is 0 Å². The largest absolute Gasteiger partial charge is 0.389 e. The van der Waals surface area contributed by atoms with E-state index >= 15 is 0 Å². The number of aliphatic hydroxyl groups excluding tert-OH is 2. The standard InChI is InChI=1S/C15H20N2O2/c1-15(2,3)14(19)13(18)12-9-10-16-17(12)11-7-5-4-6-8-11/h4-10,13-14,18-19H,1-3H3. The van der Waals surface area contributed by atoms with Crippen LogP contribution in [0, 0.1) is 5.41 Å². The third-order valence-corrected chi connectivity index (χ3v) is 3.16. The molecule has 102 valence electrons. The van der Waals surface area contributed by atoms with Gasteiger partial charge in [-0.15, -0.1) is 0 Å². The molecule has 2 unspecified atom stereocenters. The SMILES string of the molecule is CC(C)(C)C(O)C(O)c1ccnn1-c1ccccc1. The van der Waals surface area contributed by atoms with Crippen molar-refractivity contribution in [2.45, 2.75) is 33.0 Å². The minimum atomic E-state index is -0.970. The zero-order chi connectivity index (χ0) is 14.0. The highest BCUT2D eigenvalue weighted by molar-refractivity contribution is 5.33. The lowest BCUT2D eigenvalue weighted by atomic mass is 9.85. The molecule has 0 saturated carbocycles. The van der Waals surface area contributed by atoms with E-state index in [2.05, 4.69) is 5.10 Å². The van der Waals surface area contributed by atoms with Gasteiger partial charge in [0, 0.05) is 6.20 Å². The maximum Gasteiger partial charge on any atom is 0.122 e. The maximum absolute atomic E-state index is 10.3. The van der Waals surface area contributed by atoms with Crippen LogP contribution in [0.25, 0.3) is 5.69 Å². The molecular formula is C15H20N2O2. The van der Waals surface area contributed by atoms with E-state index in [-0.39, 0.29) is 0 Å². The predicted octanol–water partition coefficient (Wildman–Crippen LogP) is 2.31. The fourth-order valence-corrected chi connectivity index (χ4v) is 1.96. The Bertz CT molecular complexity index is 529. The van der Waals surface area contributed by atoms with Crippen molar-refractivity contribution < 1.29 is 10.2 Å². The molecular weight excluding hydrogens is 240 g/mol. The van der Waals surface area contributed by atoms with E-state index in [9.17, 15) is 10.2 Å². The fraction of sp³-hybridized carbons (Fsp3) is 0.400. The summed E-state index contributed by atoms with van der Waals surface area (Å²) in [6, 6.07) is 11.3. The van der Waals surface area contributed by atoms with Crippen LogP contribution in [0.2, 0.25) is 0 Å². The smallest absolute Gasteiger partial charge is 0.122 e. The Balaban J connectivity index is 2.35. The summed E-state index contributed by atoms with van der Waals surface area (Å²) >= 11 is 0. The van der Waals surface area contributed by atoms with Gasteiger partial charge in [0.1, 0.15) is 6.10 Å². The number of para-hydroxylation sites is 1. The lowest BCUT2D eigenvalue weighted by Crippen LogP contribution is -2.33. The second-order valence-corrected chi connectivity index (χ2v) is 5.76. The van der Waals surface area contributed by atoms with E-state index in [4.69, 9.17) is 0 Å². The second kappa shape index (κ2) is 5.15. The summed E-state index contributed by atoms with van der Waals surface area (Å²) < 4.78 is 1.65. The number of aliphatic hydroxyl groups is 2. The summed E-state index contributed by atoms with van der Waals surface area (Å²) in [7, 11) is 0. The lowest BCUT2D eigenvalue weighted by molar-refractivity contribution is -0.0486. The minimum Gasteiger partial charge on any atom is -0.389 e. The van der Waals surface area contributed by atoms with Crippen molar-refractivity contribution in [1.82, 2.24) is 9.78 Å². The Labute approximate surface area is 113 Å². The zero-order valence-corrected chi connectivity index (χ0v) is 11.5. The molecule has 2 atom stereocenters. The van der Waals surface area contributed by atoms with Crippen molar-refractivity contribution in [1.29, 1.82) is 0 Å². The Morgan fingerprint density at radius 3 is 2.26 bits per heavy atom. The van der Waals surface area contributed by atoms with Crippen LogP contribution >= 0.6 is 0 Å².